The van der Waals surface area contributed by atoms with Crippen LogP contribution in [-0.4, -0.2) is 68.7 Å². The quantitative estimate of drug-likeness (QED) is 0.109. The normalized spacial score (nSPS) is 14.5. The maximum atomic E-state index is 11.6. The topological polar surface area (TPSA) is 149 Å². The van der Waals surface area contributed by atoms with Crippen LogP contribution in [0.2, 0.25) is 0 Å². The van der Waals surface area contributed by atoms with Gasteiger partial charge in [-0.1, -0.05) is 64.2 Å². The zero-order valence-corrected chi connectivity index (χ0v) is 27.8. The fraction of sp³-hybridized carbons (Fsp3) is 0.667. The van der Waals surface area contributed by atoms with E-state index in [2.05, 4.69) is 0 Å². The van der Waals surface area contributed by atoms with E-state index in [9.17, 15) is 28.8 Å². The number of carbonyl (C=O) groups excluding carboxylic acids is 4. The Kier molecular flexibility index (Phi) is 20.6. The van der Waals surface area contributed by atoms with Crippen LogP contribution in [0.4, 0.5) is 0 Å². The first-order chi connectivity index (χ1) is 19.0. The third-order valence-corrected chi connectivity index (χ3v) is 6.92. The fourth-order valence-electron chi connectivity index (χ4n) is 4.56. The minimum absolute atomic E-state index is 0. The van der Waals surface area contributed by atoms with Gasteiger partial charge in [0, 0.05) is 68.7 Å². The molecule has 11 heteroatoms. The number of rotatable bonds is 20. The average molecular weight is 628 g/mol. The van der Waals surface area contributed by atoms with Gasteiger partial charge in [-0.2, -0.15) is 0 Å². The number of nitrogens with zero attached hydrogens (tertiary/aromatic N) is 2. The Morgan fingerprint density at radius 1 is 0.537 bits per heavy atom. The Morgan fingerprint density at radius 3 is 1.05 bits per heavy atom. The van der Waals surface area contributed by atoms with Gasteiger partial charge in [0.05, 0.1) is 0 Å². The number of carboxylic acid groups (broad SMARTS) is 2. The molecule has 2 N–H and O–H groups in total. The van der Waals surface area contributed by atoms with Crippen LogP contribution in [0, 0.1) is 0 Å². The monoisotopic (exact) mass is 626 g/mol. The average Bonchev–Trinajstić information content (AvgIpc) is 3.28. The van der Waals surface area contributed by atoms with Crippen molar-refractivity contribution in [2.24, 2.45) is 0 Å². The molecule has 0 radical (unpaired) electrons. The third kappa shape index (κ3) is 16.4. The summed E-state index contributed by atoms with van der Waals surface area (Å²) in [5.74, 6) is -2.17. The van der Waals surface area contributed by atoms with Crippen LogP contribution in [0.3, 0.4) is 0 Å². The van der Waals surface area contributed by atoms with E-state index in [-0.39, 0.29) is 55.9 Å². The van der Waals surface area contributed by atoms with Gasteiger partial charge in [-0.3, -0.25) is 38.6 Å². The molecule has 2 aliphatic rings. The van der Waals surface area contributed by atoms with Gasteiger partial charge in [-0.15, -0.1) is 0 Å². The van der Waals surface area contributed by atoms with Crippen molar-refractivity contribution in [3.05, 3.63) is 23.3 Å². The Balaban J connectivity index is 0.000000762. The number of imide groups is 2. The van der Waals surface area contributed by atoms with E-state index >= 15 is 0 Å². The summed E-state index contributed by atoms with van der Waals surface area (Å²) in [7, 11) is 0. The molecule has 0 atom stereocenters. The summed E-state index contributed by atoms with van der Waals surface area (Å²) in [5, 5.41) is 17.0. The molecule has 0 aromatic carbocycles. The molecule has 2 aliphatic heterocycles. The maximum absolute atomic E-state index is 11.6. The number of carboxylic acids is 2. The summed E-state index contributed by atoms with van der Waals surface area (Å²) in [6.45, 7) is 4.34. The van der Waals surface area contributed by atoms with Crippen LogP contribution in [0.1, 0.15) is 117 Å². The molecular weight excluding hydrogens is 582 g/mol. The van der Waals surface area contributed by atoms with Crippen LogP contribution in [0.15, 0.2) is 23.3 Å². The molecule has 0 unspecified atom stereocenters. The van der Waals surface area contributed by atoms with Crippen molar-refractivity contribution in [3.63, 3.8) is 0 Å². The summed E-state index contributed by atoms with van der Waals surface area (Å²) >= 11 is 0. The summed E-state index contributed by atoms with van der Waals surface area (Å²) in [4.78, 5) is 69.4. The molecule has 2 rings (SSSR count). The molecule has 0 aromatic rings. The van der Waals surface area contributed by atoms with Gasteiger partial charge in [0.1, 0.15) is 0 Å². The van der Waals surface area contributed by atoms with Gasteiger partial charge in [0.2, 0.25) is 0 Å². The van der Waals surface area contributed by atoms with Gasteiger partial charge in [-0.05, 0) is 39.5 Å². The molecule has 41 heavy (non-hydrogen) atoms. The van der Waals surface area contributed by atoms with Crippen molar-refractivity contribution in [2.45, 2.75) is 117 Å². The van der Waals surface area contributed by atoms with Crippen molar-refractivity contribution < 1.29 is 58.5 Å². The molecule has 0 aromatic heterocycles. The van der Waals surface area contributed by atoms with E-state index in [1.807, 2.05) is 0 Å². The second-order valence-corrected chi connectivity index (χ2v) is 10.5. The van der Waals surface area contributed by atoms with Gasteiger partial charge >= 0.3 is 11.9 Å². The zero-order valence-electron chi connectivity index (χ0n) is 24.8. The van der Waals surface area contributed by atoms with E-state index in [0.717, 1.165) is 89.9 Å². The van der Waals surface area contributed by atoms with Crippen LogP contribution in [-0.2, 0) is 48.2 Å². The van der Waals surface area contributed by atoms with Crippen molar-refractivity contribution in [1.82, 2.24) is 9.80 Å². The van der Waals surface area contributed by atoms with Gasteiger partial charge in [-0.25, -0.2) is 0 Å². The van der Waals surface area contributed by atoms with Crippen LogP contribution in [0.25, 0.3) is 0 Å². The number of hydrogen-bond acceptors (Lipinski definition) is 6. The number of unbranched alkanes of at least 4 members (excludes halogenated alkanes) is 12. The molecule has 10 nitrogen and oxygen atoms in total. The molecule has 0 aliphatic carbocycles. The molecule has 0 fully saturated rings. The number of aliphatic carboxylic acids is 2. The van der Waals surface area contributed by atoms with Crippen LogP contribution in [0.5, 0.6) is 0 Å². The number of carbonyl (C=O) groups is 6. The smallest absolute Gasteiger partial charge is 0.303 e. The molecule has 2 heterocycles. The summed E-state index contributed by atoms with van der Waals surface area (Å²) in [5.41, 5.74) is 1.04. The molecule has 0 bridgehead atoms. The number of amides is 4. The minimum atomic E-state index is -0.728. The predicted octanol–water partition coefficient (Wildman–Crippen LogP) is 5.01. The molecular formula is C30H46N2O8Zn. The van der Waals surface area contributed by atoms with E-state index in [4.69, 9.17) is 10.2 Å². The van der Waals surface area contributed by atoms with Gasteiger partial charge in [0.25, 0.3) is 23.6 Å². The molecule has 0 saturated heterocycles. The van der Waals surface area contributed by atoms with E-state index in [1.165, 1.54) is 22.0 Å². The molecule has 0 spiro atoms. The maximum Gasteiger partial charge on any atom is 0.303 e. The molecule has 4 amide bonds. The van der Waals surface area contributed by atoms with E-state index in [0.29, 0.717) is 24.2 Å². The Labute approximate surface area is 256 Å². The van der Waals surface area contributed by atoms with Crippen molar-refractivity contribution >= 4 is 35.6 Å². The minimum Gasteiger partial charge on any atom is -0.481 e. The van der Waals surface area contributed by atoms with E-state index in [1.54, 1.807) is 13.8 Å². The Hall–Kier alpha value is -2.68. The summed E-state index contributed by atoms with van der Waals surface area (Å²) in [6, 6.07) is 0. The van der Waals surface area contributed by atoms with Gasteiger partial charge in [0.15, 0.2) is 0 Å². The standard InChI is InChI=1S/2C15H23NO4.Zn/c2*1-12-11-13(17)16(15(12)20)10-8-6-4-2-3-5-7-9-14(18)19;/h2*11H,2-10H2,1H3,(H,18,19);. The second-order valence-electron chi connectivity index (χ2n) is 10.5. The first-order valence-corrected chi connectivity index (χ1v) is 14.6. The zero-order chi connectivity index (χ0) is 29.9. The first kappa shape index (κ1) is 38.3. The Bertz CT molecular complexity index is 884. The number of hydrogen-bond donors (Lipinski definition) is 2. The van der Waals surface area contributed by atoms with Crippen molar-refractivity contribution in [3.8, 4) is 0 Å². The Morgan fingerprint density at radius 2 is 0.805 bits per heavy atom. The predicted molar refractivity (Wildman–Crippen MR) is 150 cm³/mol. The van der Waals surface area contributed by atoms with Crippen molar-refractivity contribution in [1.29, 1.82) is 0 Å². The summed E-state index contributed by atoms with van der Waals surface area (Å²) in [6.07, 6.45) is 16.8. The first-order valence-electron chi connectivity index (χ1n) is 14.6. The van der Waals surface area contributed by atoms with Crippen LogP contribution >= 0.6 is 0 Å². The fourth-order valence-corrected chi connectivity index (χ4v) is 4.56. The largest absolute Gasteiger partial charge is 0.481 e. The molecule has 0 saturated carbocycles. The van der Waals surface area contributed by atoms with Gasteiger partial charge < -0.3 is 10.2 Å². The molecule has 226 valence electrons. The van der Waals surface area contributed by atoms with Crippen LogP contribution < -0.4 is 0 Å². The summed E-state index contributed by atoms with van der Waals surface area (Å²) < 4.78 is 0. The second kappa shape index (κ2) is 22.0. The third-order valence-electron chi connectivity index (χ3n) is 6.92. The van der Waals surface area contributed by atoms with E-state index < -0.39 is 11.9 Å². The van der Waals surface area contributed by atoms with Crippen molar-refractivity contribution in [2.75, 3.05) is 13.1 Å². The SMILES string of the molecule is CC1=CC(=O)N(CCCCCCCCCC(=O)O)C1=O.CC1=CC(=O)N(CCCCCCCCCC(=O)O)C1=O.[Zn].